The molecule has 2 aromatic heterocycles. The number of hydrogen-bond acceptors (Lipinski definition) is 7. The SMILES string of the molecule is Cc1cc(-c2c(F)cc(N)cc2F)nc2cnc(NC3CCC(NC(=O)OC(C)(C)C)CC3)nc12. The predicted octanol–water partition coefficient (Wildman–Crippen LogP) is 5.11. The number of ether oxygens (including phenoxy) is 1. The standard InChI is InChI=1S/C25H30F2N6O2/c1-13-9-19(21-17(26)10-14(28)11-18(21)27)32-20-12-29-23(33-22(13)20)30-15-5-7-16(8-6-15)31-24(34)35-25(2,3)4/h9-12,15-16H,5-8,28H2,1-4H3,(H,31,34)(H,29,30,33). The van der Waals surface area contributed by atoms with Gasteiger partial charge in [0.1, 0.15) is 22.8 Å². The van der Waals surface area contributed by atoms with Crippen LogP contribution in [0.3, 0.4) is 0 Å². The van der Waals surface area contributed by atoms with E-state index >= 15 is 0 Å². The molecule has 0 aliphatic heterocycles. The zero-order valence-electron chi connectivity index (χ0n) is 20.3. The maximum absolute atomic E-state index is 14.4. The van der Waals surface area contributed by atoms with Gasteiger partial charge in [0.05, 0.1) is 23.0 Å². The smallest absolute Gasteiger partial charge is 0.407 e. The average Bonchev–Trinajstić information content (AvgIpc) is 2.73. The van der Waals surface area contributed by atoms with Gasteiger partial charge < -0.3 is 21.1 Å². The van der Waals surface area contributed by atoms with Gasteiger partial charge in [0.25, 0.3) is 0 Å². The van der Waals surface area contributed by atoms with Crippen LogP contribution in [0.2, 0.25) is 0 Å². The summed E-state index contributed by atoms with van der Waals surface area (Å²) < 4.78 is 34.1. The van der Waals surface area contributed by atoms with E-state index in [1.54, 1.807) is 12.3 Å². The number of nitrogen functional groups attached to an aromatic ring is 1. The molecule has 2 heterocycles. The Hall–Kier alpha value is -3.56. The van der Waals surface area contributed by atoms with Crippen LogP contribution in [-0.2, 0) is 4.74 Å². The van der Waals surface area contributed by atoms with E-state index in [1.807, 2.05) is 27.7 Å². The minimum atomic E-state index is -0.773. The van der Waals surface area contributed by atoms with E-state index in [-0.39, 0.29) is 29.0 Å². The third-order valence-electron chi connectivity index (χ3n) is 5.84. The third-order valence-corrected chi connectivity index (χ3v) is 5.84. The highest BCUT2D eigenvalue weighted by molar-refractivity contribution is 5.82. The maximum atomic E-state index is 14.4. The van der Waals surface area contributed by atoms with Gasteiger partial charge in [-0.1, -0.05) is 0 Å². The number of nitrogens with zero attached hydrogens (tertiary/aromatic N) is 3. The molecule has 1 amide bonds. The van der Waals surface area contributed by atoms with Crippen molar-refractivity contribution in [1.29, 1.82) is 0 Å². The predicted molar refractivity (Wildman–Crippen MR) is 131 cm³/mol. The number of carbonyl (C=O) groups is 1. The highest BCUT2D eigenvalue weighted by Gasteiger charge is 2.25. The number of halogens is 2. The molecule has 0 atom stereocenters. The second-order valence-corrected chi connectivity index (χ2v) is 9.95. The largest absolute Gasteiger partial charge is 0.444 e. The second-order valence-electron chi connectivity index (χ2n) is 9.95. The van der Waals surface area contributed by atoms with Crippen molar-refractivity contribution in [3.63, 3.8) is 0 Å². The van der Waals surface area contributed by atoms with E-state index in [0.717, 1.165) is 43.4 Å². The number of nitrogens with one attached hydrogen (secondary N) is 2. The highest BCUT2D eigenvalue weighted by Crippen LogP contribution is 2.30. The first kappa shape index (κ1) is 24.6. The quantitative estimate of drug-likeness (QED) is 0.441. The summed E-state index contributed by atoms with van der Waals surface area (Å²) in [5.74, 6) is -1.09. The number of alkyl carbamates (subject to hydrolysis) is 1. The Labute approximate surface area is 202 Å². The lowest BCUT2D eigenvalue weighted by atomic mass is 9.91. The van der Waals surface area contributed by atoms with Crippen molar-refractivity contribution >= 4 is 28.8 Å². The zero-order valence-corrected chi connectivity index (χ0v) is 20.3. The number of pyridine rings is 1. The molecule has 186 valence electrons. The number of fused-ring (bicyclic) bond motifs is 1. The third kappa shape index (κ3) is 5.93. The van der Waals surface area contributed by atoms with Crippen LogP contribution in [0, 0.1) is 18.6 Å². The Balaban J connectivity index is 1.43. The number of aromatic nitrogens is 3. The fraction of sp³-hybridized carbons (Fsp3) is 0.440. The van der Waals surface area contributed by atoms with Gasteiger partial charge in [-0.15, -0.1) is 0 Å². The van der Waals surface area contributed by atoms with Crippen molar-refractivity contribution in [3.05, 3.63) is 41.6 Å². The molecule has 0 spiro atoms. The van der Waals surface area contributed by atoms with E-state index in [0.29, 0.717) is 17.0 Å². The summed E-state index contributed by atoms with van der Waals surface area (Å²) >= 11 is 0. The number of anilines is 2. The molecular formula is C25H30F2N6O2. The lowest BCUT2D eigenvalue weighted by Crippen LogP contribution is -2.42. The van der Waals surface area contributed by atoms with Crippen molar-refractivity contribution in [2.45, 2.75) is 71.1 Å². The number of carbonyl (C=O) groups excluding carboxylic acids is 1. The molecule has 1 aliphatic rings. The van der Waals surface area contributed by atoms with Gasteiger partial charge in [-0.2, -0.15) is 0 Å². The van der Waals surface area contributed by atoms with Crippen LogP contribution >= 0.6 is 0 Å². The molecule has 0 saturated heterocycles. The molecule has 0 unspecified atom stereocenters. The second kappa shape index (κ2) is 9.59. The molecule has 35 heavy (non-hydrogen) atoms. The molecule has 1 aromatic carbocycles. The van der Waals surface area contributed by atoms with E-state index in [2.05, 4.69) is 25.6 Å². The van der Waals surface area contributed by atoms with Gasteiger partial charge in [-0.25, -0.2) is 28.5 Å². The van der Waals surface area contributed by atoms with Crippen molar-refractivity contribution in [1.82, 2.24) is 20.3 Å². The minimum absolute atomic E-state index is 0.00923. The highest BCUT2D eigenvalue weighted by atomic mass is 19.1. The van der Waals surface area contributed by atoms with Crippen molar-refractivity contribution in [2.24, 2.45) is 0 Å². The van der Waals surface area contributed by atoms with E-state index in [1.165, 1.54) is 0 Å². The average molecular weight is 485 g/mol. The van der Waals surface area contributed by atoms with E-state index in [4.69, 9.17) is 10.5 Å². The molecule has 4 rings (SSSR count). The van der Waals surface area contributed by atoms with Crippen molar-refractivity contribution in [3.8, 4) is 11.3 Å². The first-order valence-electron chi connectivity index (χ1n) is 11.6. The molecule has 8 nitrogen and oxygen atoms in total. The Morgan fingerprint density at radius 1 is 1.06 bits per heavy atom. The van der Waals surface area contributed by atoms with Gasteiger partial charge in [0.15, 0.2) is 0 Å². The summed E-state index contributed by atoms with van der Waals surface area (Å²) in [5, 5.41) is 6.29. The van der Waals surface area contributed by atoms with Gasteiger partial charge in [0, 0.05) is 17.8 Å². The molecule has 0 radical (unpaired) electrons. The number of rotatable bonds is 4. The van der Waals surface area contributed by atoms with Gasteiger partial charge in [0.2, 0.25) is 5.95 Å². The first-order valence-corrected chi connectivity index (χ1v) is 11.6. The number of amides is 1. The van der Waals surface area contributed by atoms with Crippen LogP contribution in [0.25, 0.3) is 22.3 Å². The number of nitrogens with two attached hydrogens (primary N) is 1. The summed E-state index contributed by atoms with van der Waals surface area (Å²) in [6, 6.07) is 3.97. The van der Waals surface area contributed by atoms with Crippen molar-refractivity contribution < 1.29 is 18.3 Å². The normalized spacial score (nSPS) is 18.3. The lowest BCUT2D eigenvalue weighted by molar-refractivity contribution is 0.0492. The lowest BCUT2D eigenvalue weighted by Gasteiger charge is -2.30. The topological polar surface area (TPSA) is 115 Å². The van der Waals surface area contributed by atoms with E-state index < -0.39 is 23.3 Å². The maximum Gasteiger partial charge on any atom is 0.407 e. The molecule has 1 fully saturated rings. The van der Waals surface area contributed by atoms with Gasteiger partial charge in [-0.05, 0) is 77.1 Å². The fourth-order valence-corrected chi connectivity index (χ4v) is 4.26. The summed E-state index contributed by atoms with van der Waals surface area (Å²) in [6.45, 7) is 7.32. The van der Waals surface area contributed by atoms with Crippen LogP contribution in [0.4, 0.5) is 25.2 Å². The number of hydrogen-bond donors (Lipinski definition) is 3. The Bertz CT molecular complexity index is 1230. The van der Waals surface area contributed by atoms with Crippen LogP contribution in [0.5, 0.6) is 0 Å². The molecular weight excluding hydrogens is 454 g/mol. The first-order chi connectivity index (χ1) is 16.5. The molecule has 4 N–H and O–H groups in total. The van der Waals surface area contributed by atoms with Crippen molar-refractivity contribution in [2.75, 3.05) is 11.1 Å². The minimum Gasteiger partial charge on any atom is -0.444 e. The summed E-state index contributed by atoms with van der Waals surface area (Å²) in [7, 11) is 0. The zero-order chi connectivity index (χ0) is 25.3. The fourth-order valence-electron chi connectivity index (χ4n) is 4.26. The Kier molecular flexibility index (Phi) is 6.73. The van der Waals surface area contributed by atoms with Crippen LogP contribution in [0.1, 0.15) is 52.0 Å². The van der Waals surface area contributed by atoms with Gasteiger partial charge in [-0.3, -0.25) is 0 Å². The molecule has 3 aromatic rings. The summed E-state index contributed by atoms with van der Waals surface area (Å²) in [6.07, 6.45) is 4.46. The summed E-state index contributed by atoms with van der Waals surface area (Å²) in [5.41, 5.74) is 6.68. The van der Waals surface area contributed by atoms with Gasteiger partial charge >= 0.3 is 6.09 Å². The monoisotopic (exact) mass is 484 g/mol. The Morgan fingerprint density at radius 2 is 1.69 bits per heavy atom. The molecule has 1 saturated carbocycles. The number of aryl methyl sites for hydroxylation is 1. The van der Waals surface area contributed by atoms with Crippen LogP contribution < -0.4 is 16.4 Å². The van der Waals surface area contributed by atoms with Crippen LogP contribution in [0.15, 0.2) is 24.4 Å². The molecule has 0 bridgehead atoms. The van der Waals surface area contributed by atoms with E-state index in [9.17, 15) is 13.6 Å². The van der Waals surface area contributed by atoms with Crippen LogP contribution in [-0.4, -0.2) is 38.7 Å². The Morgan fingerprint density at radius 3 is 2.31 bits per heavy atom. The molecule has 10 heteroatoms. The number of benzene rings is 1. The summed E-state index contributed by atoms with van der Waals surface area (Å²) in [4.78, 5) is 25.3. The molecule has 1 aliphatic carbocycles.